The first-order chi connectivity index (χ1) is 15.5. The van der Waals surface area contributed by atoms with Crippen molar-refractivity contribution in [3.05, 3.63) is 89.7 Å². The molecule has 2 aromatic carbocycles. The van der Waals surface area contributed by atoms with Crippen LogP contribution in [-0.4, -0.2) is 53.3 Å². The molecule has 5 rings (SSSR count). The lowest BCUT2D eigenvalue weighted by molar-refractivity contribution is -0.916. The first-order valence-corrected chi connectivity index (χ1v) is 11.3. The lowest BCUT2D eigenvalue weighted by atomic mass is 9.91. The maximum Gasteiger partial charge on any atom is 0.348 e. The van der Waals surface area contributed by atoms with Gasteiger partial charge in [0.05, 0.1) is 20.1 Å². The summed E-state index contributed by atoms with van der Waals surface area (Å²) < 4.78 is 6.88. The Kier molecular flexibility index (Phi) is 5.31. The predicted octanol–water partition coefficient (Wildman–Crippen LogP) is 3.69. The van der Waals surface area contributed by atoms with Gasteiger partial charge in [-0.25, -0.2) is 4.79 Å². The van der Waals surface area contributed by atoms with E-state index in [4.69, 9.17) is 4.74 Å². The van der Waals surface area contributed by atoms with E-state index in [0.29, 0.717) is 11.1 Å². The number of fused-ring (bicyclic) bond motifs is 3. The molecule has 5 nitrogen and oxygen atoms in total. The molecule has 0 bridgehead atoms. The molecule has 1 aliphatic carbocycles. The lowest BCUT2D eigenvalue weighted by Crippen LogP contribution is -2.55. The van der Waals surface area contributed by atoms with Crippen molar-refractivity contribution >= 4 is 5.97 Å². The van der Waals surface area contributed by atoms with Gasteiger partial charge in [0.2, 0.25) is 5.60 Å². The van der Waals surface area contributed by atoms with E-state index in [1.54, 1.807) is 0 Å². The summed E-state index contributed by atoms with van der Waals surface area (Å²) in [6.07, 6.45) is 6.24. The normalized spacial score (nSPS) is 23.2. The minimum atomic E-state index is -1.76. The molecule has 164 valence electrons. The monoisotopic (exact) mass is 429 g/mol. The number of carbonyl (C=O) groups is 1. The van der Waals surface area contributed by atoms with E-state index >= 15 is 0 Å². The fourth-order valence-electron chi connectivity index (χ4n) is 5.29. The first kappa shape index (κ1) is 20.9. The van der Waals surface area contributed by atoms with Crippen molar-refractivity contribution in [2.24, 2.45) is 0 Å². The largest absolute Gasteiger partial charge is 0.454 e. The van der Waals surface area contributed by atoms with Crippen molar-refractivity contribution in [2.75, 3.05) is 26.7 Å². The van der Waals surface area contributed by atoms with Gasteiger partial charge in [-0.1, -0.05) is 48.5 Å². The zero-order valence-electron chi connectivity index (χ0n) is 18.4. The minimum absolute atomic E-state index is 0.206. The fourth-order valence-corrected chi connectivity index (χ4v) is 5.29. The number of rotatable bonds is 5. The van der Waals surface area contributed by atoms with Crippen molar-refractivity contribution < 1.29 is 19.1 Å². The summed E-state index contributed by atoms with van der Waals surface area (Å²) in [5.74, 6) is -0.567. The molecule has 5 heteroatoms. The topological polar surface area (TPSA) is 59.4 Å². The Morgan fingerprint density at radius 2 is 1.69 bits per heavy atom. The standard InChI is InChI=1S/C27H29N2O3/c1-29(18-14-20-12-15-28-16-13-20)17-6-7-21(19-29)32-26(30)27(31)24-10-4-2-8-22(24)23-9-3-5-11-25(23)27/h2-5,8-13,15-16,21,31H,6-7,14,17-19H2,1H3/q+1/t21?,29-/m1/s1. The number of likely N-dealkylation sites (N-methyl/N-ethyl adjacent to an activating group) is 1. The van der Waals surface area contributed by atoms with Gasteiger partial charge in [0, 0.05) is 36.4 Å². The van der Waals surface area contributed by atoms with Crippen LogP contribution >= 0.6 is 0 Å². The zero-order chi connectivity index (χ0) is 22.2. The molecule has 1 saturated heterocycles. The smallest absolute Gasteiger partial charge is 0.348 e. The highest BCUT2D eigenvalue weighted by Crippen LogP contribution is 2.48. The number of pyridine rings is 1. The van der Waals surface area contributed by atoms with E-state index in [1.807, 2.05) is 60.9 Å². The fraction of sp³-hybridized carbons (Fsp3) is 0.333. The number of piperidine rings is 1. The molecule has 0 spiro atoms. The van der Waals surface area contributed by atoms with Crippen molar-refractivity contribution in [1.29, 1.82) is 0 Å². The van der Waals surface area contributed by atoms with Crippen LogP contribution in [0.1, 0.15) is 29.5 Å². The molecule has 2 atom stereocenters. The molecule has 32 heavy (non-hydrogen) atoms. The number of nitrogens with zero attached hydrogens (tertiary/aromatic N) is 2. The highest BCUT2D eigenvalue weighted by molar-refractivity contribution is 5.96. The summed E-state index contributed by atoms with van der Waals surface area (Å²) in [5.41, 5.74) is 2.51. The highest BCUT2D eigenvalue weighted by Gasteiger charge is 2.50. The van der Waals surface area contributed by atoms with E-state index < -0.39 is 11.6 Å². The maximum atomic E-state index is 13.5. The van der Waals surface area contributed by atoms with E-state index in [1.165, 1.54) is 5.56 Å². The Labute approximate surface area is 188 Å². The number of ether oxygens (including phenoxy) is 1. The SMILES string of the molecule is C[N@+]1(CCc2ccncc2)CCCC(OC(=O)C2(O)c3ccccc3-c3ccccc32)C1. The molecule has 0 saturated carbocycles. The quantitative estimate of drug-likeness (QED) is 0.496. The Hall–Kier alpha value is -3.02. The number of aliphatic hydroxyl groups is 1. The molecule has 2 heterocycles. The summed E-state index contributed by atoms with van der Waals surface area (Å²) in [7, 11) is 2.23. The van der Waals surface area contributed by atoms with Crippen LogP contribution in [0.5, 0.6) is 0 Å². The third-order valence-corrected chi connectivity index (χ3v) is 7.05. The molecular weight excluding hydrogens is 400 g/mol. The first-order valence-electron chi connectivity index (χ1n) is 11.3. The second-order valence-corrected chi connectivity index (χ2v) is 9.33. The third-order valence-electron chi connectivity index (χ3n) is 7.05. The summed E-state index contributed by atoms with van der Waals surface area (Å²) in [6.45, 7) is 2.80. The van der Waals surface area contributed by atoms with Crippen LogP contribution in [0.4, 0.5) is 0 Å². The molecule has 2 aliphatic rings. The number of esters is 1. The summed E-state index contributed by atoms with van der Waals surface area (Å²) in [6, 6.07) is 19.2. The molecular formula is C27H29N2O3+. The van der Waals surface area contributed by atoms with Crippen LogP contribution in [0.3, 0.4) is 0 Å². The van der Waals surface area contributed by atoms with Crippen LogP contribution in [-0.2, 0) is 21.6 Å². The van der Waals surface area contributed by atoms with E-state index in [0.717, 1.165) is 54.5 Å². The van der Waals surface area contributed by atoms with E-state index in [9.17, 15) is 9.90 Å². The number of hydrogen-bond donors (Lipinski definition) is 1. The van der Waals surface area contributed by atoms with Crippen LogP contribution in [0.2, 0.25) is 0 Å². The van der Waals surface area contributed by atoms with E-state index in [-0.39, 0.29) is 6.10 Å². The van der Waals surface area contributed by atoms with Crippen LogP contribution in [0, 0.1) is 0 Å². The number of quaternary nitrogens is 1. The maximum absolute atomic E-state index is 13.5. The average Bonchev–Trinajstić information content (AvgIpc) is 3.09. The Balaban J connectivity index is 1.34. The van der Waals surface area contributed by atoms with Crippen molar-refractivity contribution in [3.8, 4) is 11.1 Å². The number of carbonyl (C=O) groups excluding carboxylic acids is 1. The molecule has 0 amide bonds. The van der Waals surface area contributed by atoms with Crippen LogP contribution in [0.15, 0.2) is 73.1 Å². The zero-order valence-corrected chi connectivity index (χ0v) is 18.4. The second-order valence-electron chi connectivity index (χ2n) is 9.33. The van der Waals surface area contributed by atoms with Gasteiger partial charge in [0.25, 0.3) is 0 Å². The summed E-state index contributed by atoms with van der Waals surface area (Å²) in [5, 5.41) is 11.7. The van der Waals surface area contributed by atoms with Crippen LogP contribution in [0.25, 0.3) is 11.1 Å². The van der Waals surface area contributed by atoms with Gasteiger partial charge in [-0.05, 0) is 35.2 Å². The molecule has 3 aromatic rings. The summed E-state index contributed by atoms with van der Waals surface area (Å²) in [4.78, 5) is 17.6. The van der Waals surface area contributed by atoms with Gasteiger partial charge >= 0.3 is 5.97 Å². The van der Waals surface area contributed by atoms with Gasteiger partial charge in [-0.3, -0.25) is 4.98 Å². The van der Waals surface area contributed by atoms with Crippen molar-refractivity contribution in [3.63, 3.8) is 0 Å². The minimum Gasteiger partial charge on any atom is -0.454 e. The number of likely N-dealkylation sites (tertiary alicyclic amines) is 1. The van der Waals surface area contributed by atoms with Gasteiger partial charge < -0.3 is 14.3 Å². The molecule has 0 radical (unpaired) electrons. The molecule has 1 fully saturated rings. The predicted molar refractivity (Wildman–Crippen MR) is 123 cm³/mol. The van der Waals surface area contributed by atoms with Gasteiger partial charge in [0.15, 0.2) is 6.10 Å². The molecule has 1 aliphatic heterocycles. The van der Waals surface area contributed by atoms with Crippen LogP contribution < -0.4 is 0 Å². The van der Waals surface area contributed by atoms with Gasteiger partial charge in [-0.2, -0.15) is 0 Å². The molecule has 1 N–H and O–H groups in total. The van der Waals surface area contributed by atoms with E-state index in [2.05, 4.69) is 24.2 Å². The average molecular weight is 430 g/mol. The Bertz CT molecular complexity index is 1090. The van der Waals surface area contributed by atoms with Crippen molar-refractivity contribution in [1.82, 2.24) is 4.98 Å². The van der Waals surface area contributed by atoms with Gasteiger partial charge in [0.1, 0.15) is 6.54 Å². The third kappa shape index (κ3) is 3.61. The second kappa shape index (κ2) is 8.15. The van der Waals surface area contributed by atoms with Gasteiger partial charge in [-0.15, -0.1) is 0 Å². The lowest BCUT2D eigenvalue weighted by Gasteiger charge is -2.41. The Morgan fingerprint density at radius 1 is 1.06 bits per heavy atom. The molecule has 1 aromatic heterocycles. The number of aromatic nitrogens is 1. The highest BCUT2D eigenvalue weighted by atomic mass is 16.6. The number of benzene rings is 2. The number of hydrogen-bond acceptors (Lipinski definition) is 4. The molecule has 1 unspecified atom stereocenters. The Morgan fingerprint density at radius 3 is 2.34 bits per heavy atom. The summed E-state index contributed by atoms with van der Waals surface area (Å²) >= 11 is 0. The van der Waals surface area contributed by atoms with Crippen molar-refractivity contribution in [2.45, 2.75) is 31.0 Å².